The molecule has 0 aliphatic rings. The molecule has 0 aromatic heterocycles. The summed E-state index contributed by atoms with van der Waals surface area (Å²) in [7, 11) is 1.62. The van der Waals surface area contributed by atoms with Crippen LogP contribution in [0.5, 0.6) is 5.75 Å². The molecular formula is C15H23BrMgO2. The topological polar surface area (TPSA) is 18.5 Å². The van der Waals surface area contributed by atoms with Gasteiger partial charge in [0.15, 0.2) is 6.79 Å². The van der Waals surface area contributed by atoms with Crippen LogP contribution >= 0.6 is 0 Å². The van der Waals surface area contributed by atoms with Gasteiger partial charge < -0.3 is 26.5 Å². The second-order valence-electron chi connectivity index (χ2n) is 5.63. The fourth-order valence-electron chi connectivity index (χ4n) is 1.61. The monoisotopic (exact) mass is 338 g/mol. The van der Waals surface area contributed by atoms with Gasteiger partial charge in [-0.2, -0.15) is 17.7 Å². The second-order valence-corrected chi connectivity index (χ2v) is 5.63. The molecule has 0 heterocycles. The molecule has 1 aromatic rings. The smallest absolute Gasteiger partial charge is 1.00 e. The Morgan fingerprint density at radius 2 is 1.84 bits per heavy atom. The van der Waals surface area contributed by atoms with E-state index in [2.05, 4.69) is 46.8 Å². The first kappa shape index (κ1) is 21.5. The summed E-state index contributed by atoms with van der Waals surface area (Å²) in [4.78, 5) is 0. The Morgan fingerprint density at radius 3 is 2.26 bits per heavy atom. The van der Waals surface area contributed by atoms with Crippen molar-refractivity contribution in [1.29, 1.82) is 0 Å². The molecule has 0 unspecified atom stereocenters. The third kappa shape index (κ3) is 6.47. The summed E-state index contributed by atoms with van der Waals surface area (Å²) in [5.41, 5.74) is 2.61. The third-order valence-corrected chi connectivity index (χ3v) is 2.74. The Morgan fingerprint density at radius 1 is 1.26 bits per heavy atom. The van der Waals surface area contributed by atoms with Crippen molar-refractivity contribution in [3.63, 3.8) is 0 Å². The Hall–Kier alpha value is 0.226. The van der Waals surface area contributed by atoms with Crippen molar-refractivity contribution < 1.29 is 26.5 Å². The van der Waals surface area contributed by atoms with Gasteiger partial charge in [0, 0.05) is 12.9 Å². The minimum atomic E-state index is 0. The number of hydrogen-bond donors (Lipinski definition) is 0. The first-order valence-corrected chi connectivity index (χ1v) is 6.04. The summed E-state index contributed by atoms with van der Waals surface area (Å²) in [5.74, 6) is 1.22. The van der Waals surface area contributed by atoms with Gasteiger partial charge in [0.1, 0.15) is 0 Å². The van der Waals surface area contributed by atoms with E-state index in [1.54, 1.807) is 7.11 Å². The first-order valence-electron chi connectivity index (χ1n) is 6.04. The molecule has 104 valence electrons. The molecule has 4 heteroatoms. The van der Waals surface area contributed by atoms with Crippen LogP contribution in [0, 0.1) is 6.07 Å². The zero-order valence-corrected chi connectivity index (χ0v) is 15.8. The summed E-state index contributed by atoms with van der Waals surface area (Å²) in [6.07, 6.45) is 0. The summed E-state index contributed by atoms with van der Waals surface area (Å²) in [5, 5.41) is 0. The summed E-state index contributed by atoms with van der Waals surface area (Å²) >= 11 is 0. The van der Waals surface area contributed by atoms with Crippen molar-refractivity contribution in [3.8, 4) is 5.75 Å². The van der Waals surface area contributed by atoms with E-state index in [4.69, 9.17) is 9.47 Å². The van der Waals surface area contributed by atoms with E-state index in [-0.39, 0.29) is 52.2 Å². The number of ether oxygens (including phenoxy) is 2. The molecule has 0 spiro atoms. The van der Waals surface area contributed by atoms with Crippen molar-refractivity contribution >= 4 is 23.1 Å². The van der Waals surface area contributed by atoms with Gasteiger partial charge in [0.25, 0.3) is 0 Å². The predicted octanol–water partition coefficient (Wildman–Crippen LogP) is 0.514. The minimum Gasteiger partial charge on any atom is -1.00 e. The number of halogens is 1. The van der Waals surface area contributed by atoms with Gasteiger partial charge in [-0.15, -0.1) is 11.6 Å². The second kappa shape index (κ2) is 9.22. The molecule has 0 saturated carbocycles. The molecule has 0 amide bonds. The molecule has 0 aliphatic carbocycles. The van der Waals surface area contributed by atoms with Gasteiger partial charge in [-0.3, -0.25) is 0 Å². The number of rotatable bonds is 4. The van der Waals surface area contributed by atoms with Crippen molar-refractivity contribution in [3.05, 3.63) is 29.3 Å². The molecule has 0 saturated heterocycles. The van der Waals surface area contributed by atoms with E-state index < -0.39 is 0 Å². The number of benzene rings is 1. The molecule has 19 heavy (non-hydrogen) atoms. The Balaban J connectivity index is 0. The van der Waals surface area contributed by atoms with Gasteiger partial charge >= 0.3 is 23.1 Å². The fourth-order valence-corrected chi connectivity index (χ4v) is 1.61. The molecular weight excluding hydrogens is 316 g/mol. The van der Waals surface area contributed by atoms with Crippen LogP contribution in [0.25, 0.3) is 0 Å². The molecule has 0 radical (unpaired) electrons. The Kier molecular flexibility index (Phi) is 10.4. The molecule has 2 nitrogen and oxygen atoms in total. The molecule has 1 rings (SSSR count). The van der Waals surface area contributed by atoms with E-state index in [1.165, 1.54) is 11.1 Å². The van der Waals surface area contributed by atoms with Crippen LogP contribution in [0.3, 0.4) is 0 Å². The maximum absolute atomic E-state index is 5.54. The van der Waals surface area contributed by atoms with Crippen LogP contribution in [-0.4, -0.2) is 37.0 Å². The number of methoxy groups -OCH3 is 1. The average Bonchev–Trinajstić information content (AvgIpc) is 2.24. The SMILES string of the molecule is COCOc1[c-]cc(C(C)(C)C)cc1C(C)C.[Br-].[Mg+2]. The van der Waals surface area contributed by atoms with Gasteiger partial charge in [-0.05, 0) is 0 Å². The predicted molar refractivity (Wildman–Crippen MR) is 76.3 cm³/mol. The maximum Gasteiger partial charge on any atom is 2.00 e. The standard InChI is InChI=1S/C15H23O2.BrH.Mg/c1-11(2)13-9-12(15(3,4)5)7-8-14(13)17-10-16-6;;/h7,9,11H,10H2,1-6H3;1H;/q-1;;+2/p-1. The van der Waals surface area contributed by atoms with Crippen molar-refractivity contribution in [2.24, 2.45) is 0 Å². The normalized spacial score (nSPS) is 10.7. The number of hydrogen-bond acceptors (Lipinski definition) is 2. The van der Waals surface area contributed by atoms with Gasteiger partial charge in [-0.1, -0.05) is 46.0 Å². The van der Waals surface area contributed by atoms with Crippen molar-refractivity contribution in [2.45, 2.75) is 46.0 Å². The minimum absolute atomic E-state index is 0. The van der Waals surface area contributed by atoms with E-state index in [9.17, 15) is 0 Å². The average molecular weight is 340 g/mol. The van der Waals surface area contributed by atoms with Gasteiger partial charge in [0.05, 0.1) is 0 Å². The van der Waals surface area contributed by atoms with Gasteiger partial charge in [-0.25, -0.2) is 0 Å². The van der Waals surface area contributed by atoms with Crippen LogP contribution in [0.2, 0.25) is 0 Å². The van der Waals surface area contributed by atoms with Crippen molar-refractivity contribution in [2.75, 3.05) is 13.9 Å². The summed E-state index contributed by atoms with van der Waals surface area (Å²) in [6, 6.07) is 7.45. The van der Waals surface area contributed by atoms with E-state index in [0.29, 0.717) is 5.92 Å². The molecule has 0 atom stereocenters. The summed E-state index contributed by atoms with van der Waals surface area (Å²) < 4.78 is 10.5. The quantitative estimate of drug-likeness (QED) is 0.452. The van der Waals surface area contributed by atoms with Crippen molar-refractivity contribution in [1.82, 2.24) is 0 Å². The molecule has 0 aliphatic heterocycles. The van der Waals surface area contributed by atoms with Gasteiger partial charge in [0.2, 0.25) is 0 Å². The van der Waals surface area contributed by atoms with Crippen LogP contribution in [-0.2, 0) is 10.2 Å². The maximum atomic E-state index is 5.54. The largest absolute Gasteiger partial charge is 2.00 e. The molecule has 0 bridgehead atoms. The zero-order valence-electron chi connectivity index (χ0n) is 12.8. The Bertz CT molecular complexity index is 373. The van der Waals surface area contributed by atoms with E-state index in [0.717, 1.165) is 5.75 Å². The fraction of sp³-hybridized carbons (Fsp3) is 0.600. The van der Waals surface area contributed by atoms with E-state index in [1.807, 2.05) is 6.07 Å². The Labute approximate surface area is 144 Å². The first-order chi connectivity index (χ1) is 7.86. The summed E-state index contributed by atoms with van der Waals surface area (Å²) in [6.45, 7) is 11.2. The van der Waals surface area contributed by atoms with Crippen LogP contribution in [0.15, 0.2) is 12.1 Å². The van der Waals surface area contributed by atoms with Crippen LogP contribution in [0.1, 0.15) is 51.7 Å². The zero-order chi connectivity index (χ0) is 13.1. The molecule has 1 aromatic carbocycles. The van der Waals surface area contributed by atoms with Crippen LogP contribution in [0.4, 0.5) is 0 Å². The molecule has 0 fully saturated rings. The molecule has 0 N–H and O–H groups in total. The van der Waals surface area contributed by atoms with Crippen LogP contribution < -0.4 is 21.7 Å². The van der Waals surface area contributed by atoms with E-state index >= 15 is 0 Å². The third-order valence-electron chi connectivity index (χ3n) is 2.74.